The molecule has 0 aliphatic heterocycles. The number of hydrogen-bond acceptors (Lipinski definition) is 2. The van der Waals surface area contributed by atoms with Crippen molar-refractivity contribution >= 4 is 10.1 Å². The summed E-state index contributed by atoms with van der Waals surface area (Å²) >= 11 is 0. The first-order chi connectivity index (χ1) is 11.1. The number of hydrogen-bond donors (Lipinski definition) is 1. The van der Waals surface area contributed by atoms with Gasteiger partial charge >= 0.3 is 6.18 Å². The quantitative estimate of drug-likeness (QED) is 0.445. The Bertz CT molecular complexity index is 529. The largest absolute Gasteiger partial charge is 0.416 e. The van der Waals surface area contributed by atoms with Gasteiger partial charge in [0.15, 0.2) is 0 Å². The molecule has 0 heterocycles. The zero-order valence-corrected chi connectivity index (χ0v) is 15.1. The van der Waals surface area contributed by atoms with E-state index in [1.807, 2.05) is 0 Å². The summed E-state index contributed by atoms with van der Waals surface area (Å²) in [6.07, 6.45) is 6.94. The third-order valence-corrected chi connectivity index (χ3v) is 4.30. The first-order valence-corrected chi connectivity index (χ1v) is 9.71. The van der Waals surface area contributed by atoms with Crippen LogP contribution in [0.1, 0.15) is 70.8 Å². The summed E-state index contributed by atoms with van der Waals surface area (Å²) in [4.78, 5) is -0.564. The second-order valence-electron chi connectivity index (χ2n) is 5.62. The van der Waals surface area contributed by atoms with Crippen molar-refractivity contribution in [2.45, 2.75) is 76.3 Å². The first-order valence-electron chi connectivity index (χ1n) is 8.27. The molecular formula is C17H27F3O3S. The van der Waals surface area contributed by atoms with Crippen LogP contribution in [-0.2, 0) is 16.3 Å². The molecule has 0 spiro atoms. The van der Waals surface area contributed by atoms with Gasteiger partial charge in [-0.1, -0.05) is 65.2 Å². The van der Waals surface area contributed by atoms with Crippen molar-refractivity contribution in [3.05, 3.63) is 29.8 Å². The summed E-state index contributed by atoms with van der Waals surface area (Å²) in [5.74, 6) is 0. The van der Waals surface area contributed by atoms with Crippen molar-refractivity contribution in [3.8, 4) is 0 Å². The van der Waals surface area contributed by atoms with Crippen molar-refractivity contribution < 1.29 is 26.1 Å². The van der Waals surface area contributed by atoms with Crippen molar-refractivity contribution in [1.29, 1.82) is 0 Å². The number of alkyl halides is 3. The van der Waals surface area contributed by atoms with Gasteiger partial charge < -0.3 is 0 Å². The zero-order chi connectivity index (χ0) is 18.6. The summed E-state index contributed by atoms with van der Waals surface area (Å²) in [5.41, 5.74) is -0.968. The number of benzene rings is 1. The van der Waals surface area contributed by atoms with Crippen LogP contribution in [0.3, 0.4) is 0 Å². The smallest absolute Gasteiger partial charge is 0.282 e. The average molecular weight is 368 g/mol. The molecule has 0 radical (unpaired) electrons. The second kappa shape index (κ2) is 11.5. The Morgan fingerprint density at radius 1 is 0.833 bits per heavy atom. The van der Waals surface area contributed by atoms with Crippen molar-refractivity contribution in [1.82, 2.24) is 0 Å². The predicted octanol–water partition coefficient (Wildman–Crippen LogP) is 6.10. The minimum atomic E-state index is -4.52. The maximum atomic E-state index is 12.0. The Hall–Kier alpha value is -1.08. The van der Waals surface area contributed by atoms with Crippen LogP contribution in [0.2, 0.25) is 0 Å². The Morgan fingerprint density at radius 2 is 1.21 bits per heavy atom. The molecule has 0 aliphatic carbocycles. The molecule has 1 N–H and O–H groups in total. The normalized spacial score (nSPS) is 11.8. The van der Waals surface area contributed by atoms with E-state index in [-0.39, 0.29) is 0 Å². The third-order valence-electron chi connectivity index (χ3n) is 3.44. The van der Waals surface area contributed by atoms with Crippen LogP contribution < -0.4 is 0 Å². The highest BCUT2D eigenvalue weighted by Gasteiger charge is 2.30. The highest BCUT2D eigenvalue weighted by atomic mass is 32.2. The first kappa shape index (κ1) is 22.9. The summed E-state index contributed by atoms with van der Waals surface area (Å²) in [5, 5.41) is 0. The highest BCUT2D eigenvalue weighted by Crippen LogP contribution is 2.29. The lowest BCUT2D eigenvalue weighted by Crippen LogP contribution is -2.05. The van der Waals surface area contributed by atoms with Gasteiger partial charge in [-0.25, -0.2) is 0 Å². The fraction of sp³-hybridized carbons (Fsp3) is 0.647. The molecule has 0 saturated heterocycles. The third kappa shape index (κ3) is 10.6. The van der Waals surface area contributed by atoms with Crippen LogP contribution in [0.25, 0.3) is 0 Å². The zero-order valence-electron chi connectivity index (χ0n) is 14.3. The minimum absolute atomic E-state index is 0.564. The number of halogens is 3. The molecule has 0 aromatic heterocycles. The highest BCUT2D eigenvalue weighted by molar-refractivity contribution is 7.85. The van der Waals surface area contributed by atoms with Gasteiger partial charge in [0.25, 0.3) is 10.1 Å². The van der Waals surface area contributed by atoms with Crippen molar-refractivity contribution in [2.75, 3.05) is 0 Å². The molecule has 0 aliphatic rings. The lowest BCUT2D eigenvalue weighted by atomic mass is 10.1. The molecule has 0 unspecified atom stereocenters. The molecule has 1 aromatic carbocycles. The molecule has 1 rings (SSSR count). The molecular weight excluding hydrogens is 341 g/mol. The second-order valence-corrected chi connectivity index (χ2v) is 7.04. The van der Waals surface area contributed by atoms with E-state index in [2.05, 4.69) is 13.8 Å². The lowest BCUT2D eigenvalue weighted by molar-refractivity contribution is -0.137. The summed E-state index contributed by atoms with van der Waals surface area (Å²) in [6.45, 7) is 4.54. The SMILES string of the molecule is CCCCCCCCCC.O=S(=O)(O)c1ccc(C(F)(F)F)cc1. The summed E-state index contributed by atoms with van der Waals surface area (Å²) in [7, 11) is -4.43. The van der Waals surface area contributed by atoms with Gasteiger partial charge in [0, 0.05) is 0 Å². The maximum Gasteiger partial charge on any atom is 0.416 e. The van der Waals surface area contributed by atoms with E-state index < -0.39 is 26.8 Å². The molecule has 0 amide bonds. The van der Waals surface area contributed by atoms with Crippen molar-refractivity contribution in [2.24, 2.45) is 0 Å². The molecule has 140 valence electrons. The summed E-state index contributed by atoms with van der Waals surface area (Å²) < 4.78 is 65.4. The van der Waals surface area contributed by atoms with Crippen LogP contribution in [0.15, 0.2) is 29.2 Å². The number of rotatable bonds is 8. The standard InChI is InChI=1S/C10H22.C7H5F3O3S/c1-3-5-7-9-10-8-6-4-2;8-7(9,10)5-1-3-6(4-2-5)14(11,12)13/h3-10H2,1-2H3;1-4H,(H,11,12,13). The van der Waals surface area contributed by atoms with Gasteiger partial charge in [0.2, 0.25) is 0 Å². The van der Waals surface area contributed by atoms with Gasteiger partial charge in [0.05, 0.1) is 10.5 Å². The molecule has 7 heteroatoms. The lowest BCUT2D eigenvalue weighted by Gasteiger charge is -2.05. The van der Waals surface area contributed by atoms with E-state index in [4.69, 9.17) is 4.55 Å². The van der Waals surface area contributed by atoms with Crippen LogP contribution in [0.5, 0.6) is 0 Å². The van der Waals surface area contributed by atoms with E-state index in [0.29, 0.717) is 24.3 Å². The Kier molecular flexibility index (Phi) is 11.0. The van der Waals surface area contributed by atoms with Crippen molar-refractivity contribution in [3.63, 3.8) is 0 Å². The van der Waals surface area contributed by atoms with Crippen LogP contribution >= 0.6 is 0 Å². The van der Waals surface area contributed by atoms with Gasteiger partial charge in [-0.2, -0.15) is 21.6 Å². The van der Waals surface area contributed by atoms with Gasteiger partial charge in [-0.15, -0.1) is 0 Å². The predicted molar refractivity (Wildman–Crippen MR) is 89.5 cm³/mol. The van der Waals surface area contributed by atoms with Crippen LogP contribution in [0.4, 0.5) is 13.2 Å². The molecule has 1 aromatic rings. The Morgan fingerprint density at radius 3 is 1.50 bits per heavy atom. The fourth-order valence-corrected chi connectivity index (χ4v) is 2.50. The van der Waals surface area contributed by atoms with E-state index >= 15 is 0 Å². The number of unbranched alkanes of at least 4 members (excludes halogenated alkanes) is 7. The van der Waals surface area contributed by atoms with Crippen LogP contribution in [-0.4, -0.2) is 13.0 Å². The van der Waals surface area contributed by atoms with E-state index in [1.165, 1.54) is 51.4 Å². The van der Waals surface area contributed by atoms with E-state index in [1.54, 1.807) is 0 Å². The molecule has 3 nitrogen and oxygen atoms in total. The average Bonchev–Trinajstić information content (AvgIpc) is 2.50. The summed E-state index contributed by atoms with van der Waals surface area (Å²) in [6, 6.07) is 2.56. The molecule has 0 fully saturated rings. The molecule has 24 heavy (non-hydrogen) atoms. The fourth-order valence-electron chi connectivity index (χ4n) is 2.02. The Balaban J connectivity index is 0.000000470. The molecule has 0 saturated carbocycles. The molecule has 0 atom stereocenters. The van der Waals surface area contributed by atoms with E-state index in [9.17, 15) is 21.6 Å². The van der Waals surface area contributed by atoms with Crippen LogP contribution in [0, 0.1) is 0 Å². The monoisotopic (exact) mass is 368 g/mol. The molecule has 0 bridgehead atoms. The Labute approximate surface area is 143 Å². The maximum absolute atomic E-state index is 12.0. The topological polar surface area (TPSA) is 54.4 Å². The minimum Gasteiger partial charge on any atom is -0.282 e. The van der Waals surface area contributed by atoms with E-state index in [0.717, 1.165) is 0 Å². The van der Waals surface area contributed by atoms with Gasteiger partial charge in [-0.05, 0) is 24.3 Å². The van der Waals surface area contributed by atoms with Gasteiger partial charge in [-0.3, -0.25) is 4.55 Å². The van der Waals surface area contributed by atoms with Gasteiger partial charge in [0.1, 0.15) is 0 Å².